The maximum atomic E-state index is 12.5. The number of tetrazole rings is 1. The summed E-state index contributed by atoms with van der Waals surface area (Å²) in [5.41, 5.74) is 1.11. The van der Waals surface area contributed by atoms with Gasteiger partial charge in [-0.1, -0.05) is 42.5 Å². The van der Waals surface area contributed by atoms with E-state index in [0.717, 1.165) is 24.2 Å². The highest BCUT2D eigenvalue weighted by Gasteiger charge is 2.28. The Morgan fingerprint density at radius 1 is 1.09 bits per heavy atom. The van der Waals surface area contributed by atoms with Gasteiger partial charge in [-0.05, 0) is 39.6 Å². The van der Waals surface area contributed by atoms with Gasteiger partial charge in [-0.25, -0.2) is 4.68 Å². The molecule has 0 bridgehead atoms. The fraction of sp³-hybridized carbons (Fsp3) is 0.312. The lowest BCUT2D eigenvalue weighted by Crippen LogP contribution is -2.08. The third-order valence-corrected chi connectivity index (χ3v) is 5.15. The number of hydrogen-bond acceptors (Lipinski definition) is 4. The zero-order chi connectivity index (χ0) is 14.9. The van der Waals surface area contributed by atoms with Crippen LogP contribution in [0.4, 0.5) is 0 Å². The highest BCUT2D eigenvalue weighted by molar-refractivity contribution is 7.83. The molecule has 1 saturated carbocycles. The van der Waals surface area contributed by atoms with E-state index in [1.807, 2.05) is 28.9 Å². The third kappa shape index (κ3) is 2.66. The Kier molecular flexibility index (Phi) is 3.46. The fourth-order valence-corrected chi connectivity index (χ4v) is 3.88. The molecule has 22 heavy (non-hydrogen) atoms. The molecule has 0 radical (unpaired) electrons. The van der Waals surface area contributed by atoms with Crippen LogP contribution < -0.4 is 0 Å². The van der Waals surface area contributed by atoms with Crippen molar-refractivity contribution >= 4 is 21.6 Å². The van der Waals surface area contributed by atoms with Gasteiger partial charge in [-0.15, -0.1) is 5.10 Å². The molecule has 5 nitrogen and oxygen atoms in total. The van der Waals surface area contributed by atoms with Crippen LogP contribution in [0.3, 0.4) is 0 Å². The predicted molar refractivity (Wildman–Crippen MR) is 85.6 cm³/mol. The van der Waals surface area contributed by atoms with Gasteiger partial charge < -0.3 is 0 Å². The van der Waals surface area contributed by atoms with Gasteiger partial charge in [-0.3, -0.25) is 4.21 Å². The average molecular weight is 312 g/mol. The molecule has 1 fully saturated rings. The van der Waals surface area contributed by atoms with Crippen molar-refractivity contribution < 1.29 is 4.21 Å². The zero-order valence-electron chi connectivity index (χ0n) is 12.1. The van der Waals surface area contributed by atoms with E-state index in [2.05, 4.69) is 33.7 Å². The smallest absolute Gasteiger partial charge is 0.164 e. The van der Waals surface area contributed by atoms with Crippen LogP contribution in [0.5, 0.6) is 0 Å². The fourth-order valence-electron chi connectivity index (χ4n) is 2.70. The highest BCUT2D eigenvalue weighted by atomic mass is 32.2. The van der Waals surface area contributed by atoms with Gasteiger partial charge in [-0.2, -0.15) is 0 Å². The van der Waals surface area contributed by atoms with Gasteiger partial charge in [0.15, 0.2) is 5.82 Å². The first kappa shape index (κ1) is 13.6. The quantitative estimate of drug-likeness (QED) is 0.726. The molecule has 3 aromatic rings. The summed E-state index contributed by atoms with van der Waals surface area (Å²) in [7, 11) is -1.02. The van der Waals surface area contributed by atoms with E-state index in [-0.39, 0.29) is 0 Å². The van der Waals surface area contributed by atoms with Crippen LogP contribution in [0.1, 0.15) is 30.3 Å². The van der Waals surface area contributed by atoms with Crippen molar-refractivity contribution in [1.82, 2.24) is 20.2 Å². The second kappa shape index (κ2) is 5.61. The van der Waals surface area contributed by atoms with Gasteiger partial charge in [0.1, 0.15) is 0 Å². The number of rotatable bonds is 5. The maximum absolute atomic E-state index is 12.5. The first-order valence-electron chi connectivity index (χ1n) is 7.39. The van der Waals surface area contributed by atoms with E-state index in [9.17, 15) is 4.21 Å². The summed E-state index contributed by atoms with van der Waals surface area (Å²) in [6.45, 7) is 0. The van der Waals surface area contributed by atoms with Gasteiger partial charge >= 0.3 is 0 Å². The maximum Gasteiger partial charge on any atom is 0.164 e. The molecule has 1 aromatic heterocycles. The summed E-state index contributed by atoms with van der Waals surface area (Å²) < 4.78 is 14.4. The largest absolute Gasteiger partial charge is 0.259 e. The zero-order valence-corrected chi connectivity index (χ0v) is 12.9. The summed E-state index contributed by atoms with van der Waals surface area (Å²) in [5, 5.41) is 14.1. The van der Waals surface area contributed by atoms with Crippen molar-refractivity contribution in [2.75, 3.05) is 0 Å². The molecule has 6 heteroatoms. The van der Waals surface area contributed by atoms with Crippen LogP contribution in [0.25, 0.3) is 10.8 Å². The van der Waals surface area contributed by atoms with Gasteiger partial charge in [0.2, 0.25) is 0 Å². The minimum atomic E-state index is -1.02. The average Bonchev–Trinajstić information content (AvgIpc) is 3.28. The number of hydrogen-bond donors (Lipinski definition) is 0. The lowest BCUT2D eigenvalue weighted by atomic mass is 10.1. The molecule has 0 aliphatic heterocycles. The predicted octanol–water partition coefficient (Wildman–Crippen LogP) is 2.61. The molecular weight excluding hydrogens is 296 g/mol. The Hall–Kier alpha value is -2.08. The van der Waals surface area contributed by atoms with Crippen molar-refractivity contribution in [3.8, 4) is 0 Å². The third-order valence-electron chi connectivity index (χ3n) is 3.94. The lowest BCUT2D eigenvalue weighted by molar-refractivity contribution is 0.591. The normalized spacial score (nSPS) is 16.0. The molecule has 4 rings (SSSR count). The summed E-state index contributed by atoms with van der Waals surface area (Å²) in [6, 6.07) is 14.8. The summed E-state index contributed by atoms with van der Waals surface area (Å²) >= 11 is 0. The molecule has 0 spiro atoms. The van der Waals surface area contributed by atoms with Crippen LogP contribution in [0, 0.1) is 0 Å². The molecule has 2 aromatic carbocycles. The molecule has 1 aliphatic rings. The molecule has 1 atom stereocenters. The van der Waals surface area contributed by atoms with E-state index in [1.165, 1.54) is 10.8 Å². The van der Waals surface area contributed by atoms with Crippen LogP contribution in [-0.2, 0) is 22.3 Å². The van der Waals surface area contributed by atoms with Crippen molar-refractivity contribution in [2.45, 2.75) is 30.4 Å². The lowest BCUT2D eigenvalue weighted by Gasteiger charge is -2.07. The molecule has 0 saturated heterocycles. The number of benzene rings is 2. The summed E-state index contributed by atoms with van der Waals surface area (Å²) in [5.74, 6) is 1.67. The van der Waals surface area contributed by atoms with Crippen molar-refractivity contribution in [3.63, 3.8) is 0 Å². The molecule has 0 amide bonds. The molecular formula is C16H16N4OS. The summed E-state index contributed by atoms with van der Waals surface area (Å²) in [6.07, 6.45) is 2.24. The van der Waals surface area contributed by atoms with Gasteiger partial charge in [0, 0.05) is 16.6 Å². The van der Waals surface area contributed by atoms with E-state index < -0.39 is 10.8 Å². The highest BCUT2D eigenvalue weighted by Crippen LogP contribution is 2.34. The van der Waals surface area contributed by atoms with Crippen molar-refractivity contribution in [3.05, 3.63) is 53.9 Å². The molecule has 0 N–H and O–H groups in total. The van der Waals surface area contributed by atoms with E-state index in [1.54, 1.807) is 0 Å². The van der Waals surface area contributed by atoms with Crippen molar-refractivity contribution in [2.24, 2.45) is 0 Å². The topological polar surface area (TPSA) is 60.7 Å². The van der Waals surface area contributed by atoms with Crippen LogP contribution >= 0.6 is 0 Å². The SMILES string of the molecule is O=[S@@](Cc1cccc2ccccc12)Cc1nnnn1C1CC1. The van der Waals surface area contributed by atoms with Gasteiger partial charge in [0.25, 0.3) is 0 Å². The molecule has 1 heterocycles. The van der Waals surface area contributed by atoms with Gasteiger partial charge in [0.05, 0.1) is 11.8 Å². The number of nitrogens with zero attached hydrogens (tertiary/aromatic N) is 4. The molecule has 112 valence electrons. The summed E-state index contributed by atoms with van der Waals surface area (Å²) in [4.78, 5) is 0. The second-order valence-electron chi connectivity index (χ2n) is 5.64. The number of fused-ring (bicyclic) bond motifs is 1. The number of aromatic nitrogens is 4. The van der Waals surface area contributed by atoms with E-state index >= 15 is 0 Å². The molecule has 0 unspecified atom stereocenters. The Morgan fingerprint density at radius 3 is 2.77 bits per heavy atom. The minimum absolute atomic E-state index is 0.409. The van der Waals surface area contributed by atoms with Crippen LogP contribution in [-0.4, -0.2) is 24.4 Å². The molecule has 1 aliphatic carbocycles. The van der Waals surface area contributed by atoms with E-state index in [0.29, 0.717) is 17.5 Å². The Balaban J connectivity index is 1.55. The minimum Gasteiger partial charge on any atom is -0.259 e. The Morgan fingerprint density at radius 2 is 1.91 bits per heavy atom. The standard InChI is InChI=1S/C16H16N4OS/c21-22(11-16-17-18-19-20(16)14-8-9-14)10-13-6-3-5-12-4-1-2-7-15(12)13/h1-7,14H,8-11H2/t22-/m0/s1. The monoisotopic (exact) mass is 312 g/mol. The first-order valence-corrected chi connectivity index (χ1v) is 8.88. The van der Waals surface area contributed by atoms with Crippen LogP contribution in [0.2, 0.25) is 0 Å². The van der Waals surface area contributed by atoms with Crippen molar-refractivity contribution in [1.29, 1.82) is 0 Å². The Bertz CT molecular complexity index is 836. The second-order valence-corrected chi connectivity index (χ2v) is 7.09. The first-order chi connectivity index (χ1) is 10.8. The van der Waals surface area contributed by atoms with E-state index in [4.69, 9.17) is 0 Å². The Labute approximate surface area is 130 Å². The van der Waals surface area contributed by atoms with Crippen LogP contribution in [0.15, 0.2) is 42.5 Å².